The first kappa shape index (κ1) is 22.6. The van der Waals surface area contributed by atoms with Gasteiger partial charge in [0.15, 0.2) is 11.6 Å². The summed E-state index contributed by atoms with van der Waals surface area (Å²) in [4.78, 5) is 11.7. The number of nitrogens with two attached hydrogens (primary N) is 1. The lowest BCUT2D eigenvalue weighted by Gasteiger charge is -2.31. The summed E-state index contributed by atoms with van der Waals surface area (Å²) < 4.78 is 38.1. The zero-order valence-electron chi connectivity index (χ0n) is 14.4. The van der Waals surface area contributed by atoms with Crippen LogP contribution in [-0.4, -0.2) is 24.2 Å². The lowest BCUT2D eigenvalue weighted by atomic mass is 9.93. The van der Waals surface area contributed by atoms with Gasteiger partial charge in [0.2, 0.25) is 0 Å². The van der Waals surface area contributed by atoms with Crippen LogP contribution in [0.2, 0.25) is 0 Å². The van der Waals surface area contributed by atoms with E-state index < -0.39 is 35.9 Å². The molecule has 1 aromatic carbocycles. The van der Waals surface area contributed by atoms with Crippen LogP contribution in [0.25, 0.3) is 0 Å². The van der Waals surface area contributed by atoms with Crippen molar-refractivity contribution in [3.63, 3.8) is 0 Å². The minimum absolute atomic E-state index is 0. The molecular formula is C17H26ClF2NO3. The Kier molecular flexibility index (Phi) is 9.85. The van der Waals surface area contributed by atoms with Gasteiger partial charge in [-0.2, -0.15) is 0 Å². The van der Waals surface area contributed by atoms with Gasteiger partial charge in [-0.3, -0.25) is 4.79 Å². The van der Waals surface area contributed by atoms with E-state index in [2.05, 4.69) is 0 Å². The van der Waals surface area contributed by atoms with Gasteiger partial charge in [-0.1, -0.05) is 13.8 Å². The van der Waals surface area contributed by atoms with Gasteiger partial charge in [0.1, 0.15) is 24.1 Å². The van der Waals surface area contributed by atoms with Crippen LogP contribution in [0.15, 0.2) is 18.2 Å². The SMILES string of the molecule is CCC(CC)[C@H](Oc1cc(F)ccc1F)[C@H](C)OC(=O)[C@H](C)N.Cl. The fourth-order valence-electron chi connectivity index (χ4n) is 2.40. The highest BCUT2D eigenvalue weighted by Gasteiger charge is 2.31. The summed E-state index contributed by atoms with van der Waals surface area (Å²) in [7, 11) is 0. The zero-order valence-corrected chi connectivity index (χ0v) is 15.2. The fraction of sp³-hybridized carbons (Fsp3) is 0.588. The van der Waals surface area contributed by atoms with Crippen LogP contribution in [0.3, 0.4) is 0 Å². The number of benzene rings is 1. The Balaban J connectivity index is 0.00000529. The maximum absolute atomic E-state index is 13.8. The summed E-state index contributed by atoms with van der Waals surface area (Å²) in [5.41, 5.74) is 5.50. The van der Waals surface area contributed by atoms with Crippen molar-refractivity contribution in [2.45, 2.75) is 58.8 Å². The van der Waals surface area contributed by atoms with E-state index in [4.69, 9.17) is 15.2 Å². The second kappa shape index (κ2) is 10.5. The molecule has 4 nitrogen and oxygen atoms in total. The number of carbonyl (C=O) groups excluding carboxylic acids is 1. The van der Waals surface area contributed by atoms with E-state index in [1.54, 1.807) is 6.92 Å². The van der Waals surface area contributed by atoms with Crippen LogP contribution in [0.5, 0.6) is 5.75 Å². The quantitative estimate of drug-likeness (QED) is 0.711. The molecule has 0 unspecified atom stereocenters. The Bertz CT molecular complexity index is 525. The number of ether oxygens (including phenoxy) is 2. The molecule has 24 heavy (non-hydrogen) atoms. The van der Waals surface area contributed by atoms with Crippen molar-refractivity contribution in [1.82, 2.24) is 0 Å². The summed E-state index contributed by atoms with van der Waals surface area (Å²) in [6, 6.07) is 2.26. The van der Waals surface area contributed by atoms with E-state index in [0.717, 1.165) is 31.0 Å². The summed E-state index contributed by atoms with van der Waals surface area (Å²) in [5, 5.41) is 0. The molecule has 0 aromatic heterocycles. The number of rotatable bonds is 8. The van der Waals surface area contributed by atoms with Gasteiger partial charge in [0.25, 0.3) is 0 Å². The number of carbonyl (C=O) groups is 1. The Morgan fingerprint density at radius 2 is 1.79 bits per heavy atom. The van der Waals surface area contributed by atoms with E-state index >= 15 is 0 Å². The van der Waals surface area contributed by atoms with Gasteiger partial charge in [-0.05, 0) is 44.7 Å². The Labute approximate surface area is 148 Å². The molecule has 138 valence electrons. The van der Waals surface area contributed by atoms with Gasteiger partial charge in [-0.25, -0.2) is 8.78 Å². The molecule has 0 saturated carbocycles. The monoisotopic (exact) mass is 365 g/mol. The second-order valence-electron chi connectivity index (χ2n) is 5.66. The summed E-state index contributed by atoms with van der Waals surface area (Å²) in [5.74, 6) is -1.98. The lowest BCUT2D eigenvalue weighted by Crippen LogP contribution is -2.42. The highest BCUT2D eigenvalue weighted by atomic mass is 35.5. The third kappa shape index (κ3) is 6.24. The minimum Gasteiger partial charge on any atom is -0.483 e. The molecule has 0 aliphatic carbocycles. The smallest absolute Gasteiger partial charge is 0.323 e. The molecule has 0 saturated heterocycles. The van der Waals surface area contributed by atoms with Crippen LogP contribution in [0.1, 0.15) is 40.5 Å². The first-order valence-corrected chi connectivity index (χ1v) is 7.87. The molecule has 0 bridgehead atoms. The Morgan fingerprint density at radius 1 is 1.21 bits per heavy atom. The molecule has 7 heteroatoms. The topological polar surface area (TPSA) is 61.5 Å². The number of hydrogen-bond donors (Lipinski definition) is 1. The van der Waals surface area contributed by atoms with Crippen molar-refractivity contribution < 1.29 is 23.0 Å². The lowest BCUT2D eigenvalue weighted by molar-refractivity contribution is -0.155. The molecule has 0 fully saturated rings. The molecule has 0 spiro atoms. The average Bonchev–Trinajstić information content (AvgIpc) is 2.50. The molecule has 0 amide bonds. The Morgan fingerprint density at radius 3 is 2.29 bits per heavy atom. The molecule has 0 radical (unpaired) electrons. The van der Waals surface area contributed by atoms with E-state index in [0.29, 0.717) is 0 Å². The Hall–Kier alpha value is -1.40. The van der Waals surface area contributed by atoms with Crippen molar-refractivity contribution in [3.8, 4) is 5.75 Å². The van der Waals surface area contributed by atoms with Crippen molar-refractivity contribution >= 4 is 18.4 Å². The summed E-state index contributed by atoms with van der Waals surface area (Å²) in [6.45, 7) is 7.12. The second-order valence-corrected chi connectivity index (χ2v) is 5.66. The van der Waals surface area contributed by atoms with Gasteiger partial charge >= 0.3 is 5.97 Å². The van der Waals surface area contributed by atoms with Crippen LogP contribution >= 0.6 is 12.4 Å². The molecular weight excluding hydrogens is 340 g/mol. The first-order valence-electron chi connectivity index (χ1n) is 7.87. The number of esters is 1. The van der Waals surface area contributed by atoms with E-state index in [1.165, 1.54) is 6.92 Å². The molecule has 3 atom stereocenters. The van der Waals surface area contributed by atoms with Crippen LogP contribution in [-0.2, 0) is 9.53 Å². The number of hydrogen-bond acceptors (Lipinski definition) is 4. The molecule has 2 N–H and O–H groups in total. The largest absolute Gasteiger partial charge is 0.483 e. The summed E-state index contributed by atoms with van der Waals surface area (Å²) in [6.07, 6.45) is 0.265. The molecule has 1 rings (SSSR count). The zero-order chi connectivity index (χ0) is 17.6. The van der Waals surface area contributed by atoms with Crippen molar-refractivity contribution in [3.05, 3.63) is 29.8 Å². The molecule has 0 heterocycles. The normalized spacial score (nSPS) is 14.5. The van der Waals surface area contributed by atoms with Crippen molar-refractivity contribution in [1.29, 1.82) is 0 Å². The van der Waals surface area contributed by atoms with E-state index in [9.17, 15) is 13.6 Å². The van der Waals surface area contributed by atoms with Gasteiger partial charge in [-0.15, -0.1) is 12.4 Å². The third-order valence-electron chi connectivity index (χ3n) is 3.81. The van der Waals surface area contributed by atoms with Gasteiger partial charge in [0, 0.05) is 6.07 Å². The maximum Gasteiger partial charge on any atom is 0.323 e. The van der Waals surface area contributed by atoms with E-state index in [-0.39, 0.29) is 24.1 Å². The molecule has 0 aliphatic rings. The van der Waals surface area contributed by atoms with E-state index in [1.807, 2.05) is 13.8 Å². The summed E-state index contributed by atoms with van der Waals surface area (Å²) >= 11 is 0. The third-order valence-corrected chi connectivity index (χ3v) is 3.81. The average molecular weight is 366 g/mol. The van der Waals surface area contributed by atoms with Crippen molar-refractivity contribution in [2.75, 3.05) is 0 Å². The number of halogens is 3. The highest BCUT2D eigenvalue weighted by molar-refractivity contribution is 5.85. The molecule has 1 aromatic rings. The predicted octanol–water partition coefficient (Wildman–Crippen LogP) is 3.85. The first-order chi connectivity index (χ1) is 10.8. The fourth-order valence-corrected chi connectivity index (χ4v) is 2.40. The van der Waals surface area contributed by atoms with Gasteiger partial charge < -0.3 is 15.2 Å². The van der Waals surface area contributed by atoms with Gasteiger partial charge in [0.05, 0.1) is 0 Å². The minimum atomic E-state index is -0.759. The van der Waals surface area contributed by atoms with Crippen LogP contribution in [0, 0.1) is 17.6 Å². The van der Waals surface area contributed by atoms with Crippen LogP contribution in [0.4, 0.5) is 8.78 Å². The molecule has 0 aliphatic heterocycles. The standard InChI is InChI=1S/C17H25F2NO3.ClH/c1-5-12(6-2)16(11(4)22-17(21)10(3)20)23-15-9-13(18)7-8-14(15)19;/h7-12,16H,5-6,20H2,1-4H3;1H/t10-,11-,16+;/m0./s1. The predicted molar refractivity (Wildman–Crippen MR) is 91.3 cm³/mol. The van der Waals surface area contributed by atoms with Crippen molar-refractivity contribution in [2.24, 2.45) is 11.7 Å². The van der Waals surface area contributed by atoms with Crippen LogP contribution < -0.4 is 10.5 Å². The highest BCUT2D eigenvalue weighted by Crippen LogP contribution is 2.27. The maximum atomic E-state index is 13.8.